The third-order valence-electron chi connectivity index (χ3n) is 5.88. The van der Waals surface area contributed by atoms with Crippen molar-refractivity contribution in [3.63, 3.8) is 0 Å². The van der Waals surface area contributed by atoms with E-state index in [2.05, 4.69) is 72.6 Å². The van der Waals surface area contributed by atoms with Crippen molar-refractivity contribution in [2.45, 2.75) is 36.6 Å². The van der Waals surface area contributed by atoms with E-state index in [1.54, 1.807) is 11.8 Å². The van der Waals surface area contributed by atoms with Crippen molar-refractivity contribution in [1.29, 1.82) is 0 Å². The molecule has 0 aliphatic carbocycles. The van der Waals surface area contributed by atoms with E-state index in [0.29, 0.717) is 12.1 Å². The fourth-order valence-electron chi connectivity index (χ4n) is 3.98. The van der Waals surface area contributed by atoms with Gasteiger partial charge < -0.3 is 10.2 Å². The first-order valence-electron chi connectivity index (χ1n) is 11.9. The van der Waals surface area contributed by atoms with Crippen LogP contribution < -0.4 is 10.2 Å². The number of amides is 1. The lowest BCUT2D eigenvalue weighted by Crippen LogP contribution is -2.30. The molecule has 0 atom stereocenters. The molecule has 4 aromatic rings. The van der Waals surface area contributed by atoms with E-state index in [4.69, 9.17) is 4.98 Å². The largest absolute Gasteiger partial charge is 0.372 e. The number of fused-ring (bicyclic) bond motifs is 1. The van der Waals surface area contributed by atoms with Crippen LogP contribution in [0.3, 0.4) is 0 Å². The second-order valence-corrected chi connectivity index (χ2v) is 9.24. The fourth-order valence-corrected chi connectivity index (χ4v) is 4.82. The molecule has 0 radical (unpaired) electrons. The molecule has 0 bridgehead atoms. The standard InChI is InChI=1S/C29H31N3OS/c1-3-22-15-17-24(18-16-22)34-28-21-26(25-13-8-9-14-27(25)31-28)29(33)30-19-10-20-32(4-2)23-11-6-5-7-12-23/h5-9,11-18,21H,3-4,10,19-20H2,1-2H3,(H,30,33). The van der Waals surface area contributed by atoms with Gasteiger partial charge in [-0.25, -0.2) is 4.98 Å². The zero-order valence-electron chi connectivity index (χ0n) is 19.8. The number of aromatic nitrogens is 1. The van der Waals surface area contributed by atoms with Crippen LogP contribution in [0.5, 0.6) is 0 Å². The smallest absolute Gasteiger partial charge is 0.252 e. The third kappa shape index (κ3) is 5.97. The molecule has 3 aromatic carbocycles. The first-order valence-corrected chi connectivity index (χ1v) is 12.7. The number of aryl methyl sites for hydroxylation is 1. The Bertz CT molecular complexity index is 1230. The summed E-state index contributed by atoms with van der Waals surface area (Å²) < 4.78 is 0. The van der Waals surface area contributed by atoms with Crippen LogP contribution in [0.2, 0.25) is 0 Å². The average molecular weight is 470 g/mol. The maximum atomic E-state index is 13.2. The Morgan fingerprint density at radius 2 is 1.68 bits per heavy atom. The molecule has 5 heteroatoms. The number of carbonyl (C=O) groups excluding carboxylic acids is 1. The Hall–Kier alpha value is -3.31. The lowest BCUT2D eigenvalue weighted by molar-refractivity contribution is 0.0954. The van der Waals surface area contributed by atoms with Crippen molar-refractivity contribution in [2.24, 2.45) is 0 Å². The topological polar surface area (TPSA) is 45.2 Å². The predicted molar refractivity (Wildman–Crippen MR) is 143 cm³/mol. The highest BCUT2D eigenvalue weighted by Gasteiger charge is 2.14. The minimum absolute atomic E-state index is 0.0514. The van der Waals surface area contributed by atoms with Crippen LogP contribution in [0.25, 0.3) is 10.9 Å². The predicted octanol–water partition coefficient (Wildman–Crippen LogP) is 6.59. The molecule has 4 nitrogen and oxygen atoms in total. The zero-order valence-corrected chi connectivity index (χ0v) is 20.6. The van der Waals surface area contributed by atoms with Crippen molar-refractivity contribution < 1.29 is 4.79 Å². The summed E-state index contributed by atoms with van der Waals surface area (Å²) in [5.41, 5.74) is 4.03. The van der Waals surface area contributed by atoms with Gasteiger partial charge in [-0.3, -0.25) is 4.79 Å². The molecule has 4 rings (SSSR count). The van der Waals surface area contributed by atoms with Gasteiger partial charge in [-0.1, -0.05) is 67.2 Å². The van der Waals surface area contributed by atoms with Gasteiger partial charge in [-0.05, 0) is 61.7 Å². The molecule has 0 fully saturated rings. The molecule has 0 aliphatic rings. The van der Waals surface area contributed by atoms with Crippen LogP contribution >= 0.6 is 11.8 Å². The normalized spacial score (nSPS) is 10.9. The lowest BCUT2D eigenvalue weighted by Gasteiger charge is -2.23. The number of carbonyl (C=O) groups is 1. The van der Waals surface area contributed by atoms with Crippen molar-refractivity contribution in [3.8, 4) is 0 Å². The quantitative estimate of drug-likeness (QED) is 0.266. The van der Waals surface area contributed by atoms with E-state index in [0.717, 1.165) is 46.8 Å². The van der Waals surface area contributed by atoms with Gasteiger partial charge in [0.25, 0.3) is 5.91 Å². The Morgan fingerprint density at radius 1 is 0.941 bits per heavy atom. The molecule has 1 amide bonds. The Morgan fingerprint density at radius 3 is 2.41 bits per heavy atom. The van der Waals surface area contributed by atoms with Crippen LogP contribution in [-0.4, -0.2) is 30.5 Å². The number of para-hydroxylation sites is 2. The summed E-state index contributed by atoms with van der Waals surface area (Å²) in [4.78, 5) is 21.4. The van der Waals surface area contributed by atoms with Crippen LogP contribution in [0, 0.1) is 0 Å². The minimum atomic E-state index is -0.0514. The zero-order chi connectivity index (χ0) is 23.8. The second kappa shape index (κ2) is 11.7. The van der Waals surface area contributed by atoms with Crippen LogP contribution in [0.1, 0.15) is 36.2 Å². The highest BCUT2D eigenvalue weighted by atomic mass is 32.2. The van der Waals surface area contributed by atoms with Crippen molar-refractivity contribution in [3.05, 3.63) is 96.1 Å². The van der Waals surface area contributed by atoms with Gasteiger partial charge in [-0.2, -0.15) is 0 Å². The van der Waals surface area contributed by atoms with Crippen molar-refractivity contribution in [1.82, 2.24) is 10.3 Å². The molecule has 34 heavy (non-hydrogen) atoms. The van der Waals surface area contributed by atoms with E-state index in [1.807, 2.05) is 36.4 Å². The minimum Gasteiger partial charge on any atom is -0.372 e. The molecular weight excluding hydrogens is 438 g/mol. The number of rotatable bonds is 10. The van der Waals surface area contributed by atoms with Gasteiger partial charge >= 0.3 is 0 Å². The summed E-state index contributed by atoms with van der Waals surface area (Å²) >= 11 is 1.59. The number of nitrogens with one attached hydrogen (secondary N) is 1. The molecule has 0 unspecified atom stereocenters. The first kappa shape index (κ1) is 23.8. The van der Waals surface area contributed by atoms with Gasteiger partial charge in [0.05, 0.1) is 11.1 Å². The van der Waals surface area contributed by atoms with E-state index in [1.165, 1.54) is 11.3 Å². The lowest BCUT2D eigenvalue weighted by atomic mass is 10.1. The average Bonchev–Trinajstić information content (AvgIpc) is 2.89. The summed E-state index contributed by atoms with van der Waals surface area (Å²) in [6, 6.07) is 28.7. The van der Waals surface area contributed by atoms with E-state index in [9.17, 15) is 4.79 Å². The number of pyridine rings is 1. The molecule has 174 valence electrons. The summed E-state index contributed by atoms with van der Waals surface area (Å²) in [5.74, 6) is -0.0514. The Balaban J connectivity index is 1.44. The number of anilines is 1. The van der Waals surface area contributed by atoms with Crippen molar-refractivity contribution >= 4 is 34.3 Å². The number of benzene rings is 3. The molecule has 1 heterocycles. The molecule has 1 N–H and O–H groups in total. The molecule has 0 aliphatic heterocycles. The summed E-state index contributed by atoms with van der Waals surface area (Å²) in [7, 11) is 0. The van der Waals surface area contributed by atoms with Gasteiger partial charge in [0.1, 0.15) is 5.03 Å². The summed E-state index contributed by atoms with van der Waals surface area (Å²) in [6.45, 7) is 6.77. The first-order chi connectivity index (χ1) is 16.7. The van der Waals surface area contributed by atoms with E-state index >= 15 is 0 Å². The number of hydrogen-bond acceptors (Lipinski definition) is 4. The number of hydrogen-bond donors (Lipinski definition) is 1. The maximum Gasteiger partial charge on any atom is 0.252 e. The van der Waals surface area contributed by atoms with E-state index < -0.39 is 0 Å². The van der Waals surface area contributed by atoms with Crippen LogP contribution in [0.4, 0.5) is 5.69 Å². The van der Waals surface area contributed by atoms with Crippen LogP contribution in [0.15, 0.2) is 94.9 Å². The molecule has 0 saturated carbocycles. The number of nitrogens with zero attached hydrogens (tertiary/aromatic N) is 2. The second-order valence-electron chi connectivity index (χ2n) is 8.15. The van der Waals surface area contributed by atoms with Gasteiger partial charge in [0, 0.05) is 35.6 Å². The molecular formula is C29H31N3OS. The summed E-state index contributed by atoms with van der Waals surface area (Å²) in [6.07, 6.45) is 1.90. The molecule has 0 saturated heterocycles. The van der Waals surface area contributed by atoms with Gasteiger partial charge in [0.2, 0.25) is 0 Å². The monoisotopic (exact) mass is 469 g/mol. The molecule has 1 aromatic heterocycles. The highest BCUT2D eigenvalue weighted by molar-refractivity contribution is 7.99. The van der Waals surface area contributed by atoms with Gasteiger partial charge in [-0.15, -0.1) is 0 Å². The molecule has 0 spiro atoms. The maximum absolute atomic E-state index is 13.2. The Kier molecular flexibility index (Phi) is 8.21. The van der Waals surface area contributed by atoms with Crippen LogP contribution in [-0.2, 0) is 6.42 Å². The Labute approximate surface area is 206 Å². The van der Waals surface area contributed by atoms with Crippen molar-refractivity contribution in [2.75, 3.05) is 24.5 Å². The van der Waals surface area contributed by atoms with Gasteiger partial charge in [0.15, 0.2) is 0 Å². The fraction of sp³-hybridized carbons (Fsp3) is 0.241. The third-order valence-corrected chi connectivity index (χ3v) is 6.81. The van der Waals surface area contributed by atoms with E-state index in [-0.39, 0.29) is 5.91 Å². The SMILES string of the molecule is CCc1ccc(Sc2cc(C(=O)NCCCN(CC)c3ccccc3)c3ccccc3n2)cc1. The summed E-state index contributed by atoms with van der Waals surface area (Å²) in [5, 5.41) is 4.83. The highest BCUT2D eigenvalue weighted by Crippen LogP contribution is 2.30.